The van der Waals surface area contributed by atoms with E-state index >= 15 is 0 Å². The second-order valence-corrected chi connectivity index (χ2v) is 9.05. The number of benzene rings is 1. The highest BCUT2D eigenvalue weighted by atomic mass is 16.5. The smallest absolute Gasteiger partial charge is 0.263 e. The highest BCUT2D eigenvalue weighted by Gasteiger charge is 2.28. The van der Waals surface area contributed by atoms with Crippen LogP contribution in [0.3, 0.4) is 0 Å². The fourth-order valence-corrected chi connectivity index (χ4v) is 4.28. The third-order valence-electron chi connectivity index (χ3n) is 6.17. The van der Waals surface area contributed by atoms with Gasteiger partial charge in [0.15, 0.2) is 0 Å². The van der Waals surface area contributed by atoms with Gasteiger partial charge in [0.2, 0.25) is 5.91 Å². The Morgan fingerprint density at radius 3 is 2.50 bits per heavy atom. The summed E-state index contributed by atoms with van der Waals surface area (Å²) in [6.45, 7) is 8.64. The lowest BCUT2D eigenvalue weighted by Gasteiger charge is -2.36. The summed E-state index contributed by atoms with van der Waals surface area (Å²) < 4.78 is 5.70. The number of fused-ring (bicyclic) bond motifs is 1. The zero-order valence-corrected chi connectivity index (χ0v) is 19.7. The van der Waals surface area contributed by atoms with E-state index in [1.54, 1.807) is 12.4 Å². The molecule has 0 spiro atoms. The molecule has 0 saturated carbocycles. The Morgan fingerprint density at radius 2 is 1.82 bits per heavy atom. The van der Waals surface area contributed by atoms with E-state index in [2.05, 4.69) is 46.2 Å². The van der Waals surface area contributed by atoms with E-state index in [9.17, 15) is 4.79 Å². The summed E-state index contributed by atoms with van der Waals surface area (Å²) in [5.74, 6) is 1.66. The molecule has 0 atom stereocenters. The van der Waals surface area contributed by atoms with Gasteiger partial charge in [0.05, 0.1) is 0 Å². The van der Waals surface area contributed by atoms with Crippen LogP contribution in [-0.2, 0) is 11.2 Å². The molecule has 5 rings (SSSR count). The second-order valence-electron chi connectivity index (χ2n) is 9.05. The molecule has 1 amide bonds. The van der Waals surface area contributed by atoms with Crippen molar-refractivity contribution in [1.82, 2.24) is 25.0 Å². The molecule has 1 aliphatic heterocycles. The molecule has 4 heterocycles. The zero-order valence-electron chi connectivity index (χ0n) is 19.7. The van der Waals surface area contributed by atoms with E-state index in [4.69, 9.17) is 14.5 Å². The summed E-state index contributed by atoms with van der Waals surface area (Å²) in [6, 6.07) is 12.2. The largest absolute Gasteiger partial charge is 0.352 e. The molecule has 1 fully saturated rings. The van der Waals surface area contributed by atoms with Gasteiger partial charge in [-0.25, -0.2) is 4.98 Å². The fourth-order valence-electron chi connectivity index (χ4n) is 4.28. The maximum Gasteiger partial charge on any atom is 0.263 e. The van der Waals surface area contributed by atoms with Crippen molar-refractivity contribution in [3.63, 3.8) is 0 Å². The Morgan fingerprint density at radius 1 is 1.06 bits per heavy atom. The molecule has 1 aromatic carbocycles. The van der Waals surface area contributed by atoms with Crippen molar-refractivity contribution in [2.45, 2.75) is 27.2 Å². The first-order chi connectivity index (χ1) is 16.5. The summed E-state index contributed by atoms with van der Waals surface area (Å²) in [5.41, 5.74) is 4.35. The number of anilines is 1. The van der Waals surface area contributed by atoms with E-state index in [-0.39, 0.29) is 11.8 Å². The first-order valence-electron chi connectivity index (χ1n) is 11.7. The van der Waals surface area contributed by atoms with Crippen LogP contribution in [0.4, 0.5) is 5.82 Å². The highest BCUT2D eigenvalue weighted by Crippen LogP contribution is 2.34. The molecule has 0 aliphatic carbocycles. The molecule has 4 aromatic rings. The van der Waals surface area contributed by atoms with Gasteiger partial charge in [-0.15, -0.1) is 0 Å². The second kappa shape index (κ2) is 9.21. The maximum atomic E-state index is 12.5. The van der Waals surface area contributed by atoms with Crippen molar-refractivity contribution in [3.8, 4) is 11.3 Å². The molecule has 3 aromatic heterocycles. The van der Waals surface area contributed by atoms with Crippen molar-refractivity contribution in [2.24, 2.45) is 5.92 Å². The van der Waals surface area contributed by atoms with Crippen LogP contribution in [0.2, 0.25) is 0 Å². The number of aromatic nitrogens is 4. The zero-order chi connectivity index (χ0) is 23.7. The molecule has 0 radical (unpaired) electrons. The summed E-state index contributed by atoms with van der Waals surface area (Å²) in [5, 5.41) is 5.12. The van der Waals surface area contributed by atoms with Crippen LogP contribution in [0, 0.1) is 12.8 Å². The standard InChI is InChI=1S/C26H28N6O2/c1-17(2)26(33)32-13-11-31(12-14-32)24-22-23(20-5-4-10-27-16-20)30-34-25(22)29-21(28-24)15-19-8-6-18(3)7-9-19/h4-10,16-17H,11-15H2,1-3H3. The van der Waals surface area contributed by atoms with Crippen LogP contribution in [-0.4, -0.2) is 57.1 Å². The molecule has 1 saturated heterocycles. The Labute approximate surface area is 198 Å². The SMILES string of the molecule is Cc1ccc(Cc2nc(N3CCN(C(=O)C(C)C)CC3)c3c(-c4cccnc4)noc3n2)cc1. The maximum absolute atomic E-state index is 12.5. The molecule has 0 unspecified atom stereocenters. The van der Waals surface area contributed by atoms with Crippen LogP contribution in [0.5, 0.6) is 0 Å². The molecular weight excluding hydrogens is 428 g/mol. The van der Waals surface area contributed by atoms with Gasteiger partial charge in [-0.05, 0) is 24.6 Å². The number of piperazine rings is 1. The van der Waals surface area contributed by atoms with Crippen LogP contribution < -0.4 is 4.90 Å². The third kappa shape index (κ3) is 4.35. The Kier molecular flexibility index (Phi) is 5.96. The molecule has 0 N–H and O–H groups in total. The van der Waals surface area contributed by atoms with Gasteiger partial charge in [0, 0.05) is 56.5 Å². The van der Waals surface area contributed by atoms with E-state index in [0.717, 1.165) is 22.3 Å². The fraction of sp³-hybridized carbons (Fsp3) is 0.346. The Bertz CT molecular complexity index is 1290. The lowest BCUT2D eigenvalue weighted by atomic mass is 10.1. The van der Waals surface area contributed by atoms with Crippen LogP contribution in [0.1, 0.15) is 30.8 Å². The normalized spacial score (nSPS) is 14.2. The predicted octanol–water partition coefficient (Wildman–Crippen LogP) is 3.88. The minimum atomic E-state index is -0.00586. The number of aryl methyl sites for hydroxylation is 1. The molecule has 1 aliphatic rings. The lowest BCUT2D eigenvalue weighted by Crippen LogP contribution is -2.50. The number of pyridine rings is 1. The van der Waals surface area contributed by atoms with Crippen LogP contribution >= 0.6 is 0 Å². The molecular formula is C26H28N6O2. The van der Waals surface area contributed by atoms with Gasteiger partial charge >= 0.3 is 0 Å². The minimum absolute atomic E-state index is 0.00586. The van der Waals surface area contributed by atoms with Crippen molar-refractivity contribution >= 4 is 22.8 Å². The molecule has 34 heavy (non-hydrogen) atoms. The minimum Gasteiger partial charge on any atom is -0.352 e. The number of nitrogens with zero attached hydrogens (tertiary/aromatic N) is 6. The van der Waals surface area contributed by atoms with Crippen molar-refractivity contribution in [3.05, 3.63) is 65.7 Å². The summed E-state index contributed by atoms with van der Waals surface area (Å²) >= 11 is 0. The van der Waals surface area contributed by atoms with Crippen molar-refractivity contribution < 1.29 is 9.32 Å². The highest BCUT2D eigenvalue weighted by molar-refractivity contribution is 5.98. The summed E-state index contributed by atoms with van der Waals surface area (Å²) in [7, 11) is 0. The van der Waals surface area contributed by atoms with Gasteiger partial charge in [0.1, 0.15) is 22.7 Å². The average molecular weight is 457 g/mol. The molecule has 8 nitrogen and oxygen atoms in total. The van der Waals surface area contributed by atoms with E-state index in [1.807, 2.05) is 30.9 Å². The Balaban J connectivity index is 1.53. The third-order valence-corrected chi connectivity index (χ3v) is 6.17. The molecule has 8 heteroatoms. The van der Waals surface area contributed by atoms with Gasteiger partial charge in [-0.1, -0.05) is 48.8 Å². The van der Waals surface area contributed by atoms with Gasteiger partial charge in [-0.3, -0.25) is 9.78 Å². The predicted molar refractivity (Wildman–Crippen MR) is 130 cm³/mol. The Hall–Kier alpha value is -3.81. The monoisotopic (exact) mass is 456 g/mol. The lowest BCUT2D eigenvalue weighted by molar-refractivity contribution is -0.134. The summed E-state index contributed by atoms with van der Waals surface area (Å²) in [4.78, 5) is 30.6. The van der Waals surface area contributed by atoms with E-state index in [0.29, 0.717) is 49.8 Å². The number of hydrogen-bond acceptors (Lipinski definition) is 7. The number of amides is 1. The average Bonchev–Trinajstić information content (AvgIpc) is 3.29. The van der Waals surface area contributed by atoms with E-state index in [1.165, 1.54) is 5.56 Å². The van der Waals surface area contributed by atoms with Gasteiger partial charge < -0.3 is 14.3 Å². The number of rotatable bonds is 5. The number of hydrogen-bond donors (Lipinski definition) is 0. The van der Waals surface area contributed by atoms with Crippen LogP contribution in [0.25, 0.3) is 22.4 Å². The number of carbonyl (C=O) groups excluding carboxylic acids is 1. The number of carbonyl (C=O) groups is 1. The first kappa shape index (κ1) is 22.0. The van der Waals surface area contributed by atoms with Crippen molar-refractivity contribution in [1.29, 1.82) is 0 Å². The molecule has 174 valence electrons. The summed E-state index contributed by atoms with van der Waals surface area (Å²) in [6.07, 6.45) is 4.09. The topological polar surface area (TPSA) is 88.3 Å². The van der Waals surface area contributed by atoms with Gasteiger partial charge in [0.25, 0.3) is 5.71 Å². The van der Waals surface area contributed by atoms with E-state index < -0.39 is 0 Å². The van der Waals surface area contributed by atoms with Gasteiger partial charge in [-0.2, -0.15) is 4.98 Å². The van der Waals surface area contributed by atoms with Crippen molar-refractivity contribution in [2.75, 3.05) is 31.1 Å². The van der Waals surface area contributed by atoms with Crippen LogP contribution in [0.15, 0.2) is 53.3 Å². The quantitative estimate of drug-likeness (QED) is 0.450. The first-order valence-corrected chi connectivity index (χ1v) is 11.7. The molecule has 0 bridgehead atoms.